The van der Waals surface area contributed by atoms with Crippen LogP contribution in [0.5, 0.6) is 0 Å². The van der Waals surface area contributed by atoms with E-state index in [0.717, 1.165) is 12.2 Å². The van der Waals surface area contributed by atoms with Crippen molar-refractivity contribution in [2.24, 2.45) is 0 Å². The van der Waals surface area contributed by atoms with Crippen LogP contribution in [0.1, 0.15) is 34.6 Å². The van der Waals surface area contributed by atoms with Crippen molar-refractivity contribution in [3.05, 3.63) is 56.9 Å². The van der Waals surface area contributed by atoms with E-state index >= 15 is 0 Å². The molecule has 0 spiro atoms. The first kappa shape index (κ1) is 13.5. The van der Waals surface area contributed by atoms with E-state index in [1.165, 1.54) is 9.75 Å². The number of nitrogens with one attached hydrogen (secondary N) is 2. The summed E-state index contributed by atoms with van der Waals surface area (Å²) in [5.41, 5.74) is 0. The predicted octanol–water partition coefficient (Wildman–Crippen LogP) is 3.56. The van der Waals surface area contributed by atoms with Gasteiger partial charge in [0.15, 0.2) is 0 Å². The first-order chi connectivity index (χ1) is 9.83. The minimum atomic E-state index is 0.143. The topological polar surface area (TPSA) is 53.6 Å². The van der Waals surface area contributed by atoms with Crippen LogP contribution in [0.2, 0.25) is 0 Å². The summed E-state index contributed by atoms with van der Waals surface area (Å²) in [5, 5.41) is 14.7. The van der Waals surface area contributed by atoms with Crippen molar-refractivity contribution >= 4 is 22.7 Å². The molecule has 2 atom stereocenters. The monoisotopic (exact) mass is 304 g/mol. The van der Waals surface area contributed by atoms with Gasteiger partial charge in [0, 0.05) is 22.2 Å². The minimum Gasteiger partial charge on any atom is -0.300 e. The van der Waals surface area contributed by atoms with Crippen molar-refractivity contribution in [3.63, 3.8) is 0 Å². The number of aromatic nitrogens is 3. The Morgan fingerprint density at radius 3 is 2.75 bits per heavy atom. The maximum Gasteiger partial charge on any atom is 0.141 e. The molecule has 3 aromatic heterocycles. The molecule has 0 saturated carbocycles. The molecule has 0 fully saturated rings. The fraction of sp³-hybridized carbons (Fsp3) is 0.286. The molecular formula is C14H16N4S2. The fourth-order valence-corrected chi connectivity index (χ4v) is 3.70. The van der Waals surface area contributed by atoms with Gasteiger partial charge in [0.05, 0.1) is 6.04 Å². The third kappa shape index (κ3) is 3.15. The van der Waals surface area contributed by atoms with Crippen LogP contribution in [0.3, 0.4) is 0 Å². The predicted molar refractivity (Wildman–Crippen MR) is 83.0 cm³/mol. The maximum absolute atomic E-state index is 4.22. The smallest absolute Gasteiger partial charge is 0.141 e. The number of hydrogen-bond acceptors (Lipinski definition) is 5. The molecule has 0 amide bonds. The van der Waals surface area contributed by atoms with Crippen molar-refractivity contribution < 1.29 is 0 Å². The first-order valence-corrected chi connectivity index (χ1v) is 8.26. The lowest BCUT2D eigenvalue weighted by Crippen LogP contribution is -2.26. The van der Waals surface area contributed by atoms with Crippen molar-refractivity contribution in [3.8, 4) is 0 Å². The molecule has 0 saturated heterocycles. The van der Waals surface area contributed by atoms with Gasteiger partial charge in [0.1, 0.15) is 12.2 Å². The van der Waals surface area contributed by atoms with Crippen LogP contribution in [-0.4, -0.2) is 15.2 Å². The summed E-state index contributed by atoms with van der Waals surface area (Å²) >= 11 is 3.59. The highest BCUT2D eigenvalue weighted by Gasteiger charge is 2.18. The first-order valence-electron chi connectivity index (χ1n) is 6.50. The average molecular weight is 304 g/mol. The zero-order valence-electron chi connectivity index (χ0n) is 11.1. The molecule has 0 aromatic carbocycles. The quantitative estimate of drug-likeness (QED) is 0.732. The van der Waals surface area contributed by atoms with Crippen LogP contribution in [0.25, 0.3) is 0 Å². The molecule has 4 nitrogen and oxygen atoms in total. The molecule has 20 heavy (non-hydrogen) atoms. The Balaban J connectivity index is 1.75. The number of hydrogen-bond donors (Lipinski definition) is 2. The van der Waals surface area contributed by atoms with E-state index in [4.69, 9.17) is 0 Å². The Labute approximate surface area is 125 Å². The van der Waals surface area contributed by atoms with Gasteiger partial charge in [-0.25, -0.2) is 4.98 Å². The molecule has 0 aliphatic carbocycles. The highest BCUT2D eigenvalue weighted by atomic mass is 32.1. The van der Waals surface area contributed by atoms with Gasteiger partial charge in [-0.2, -0.15) is 5.10 Å². The Kier molecular flexibility index (Phi) is 4.25. The summed E-state index contributed by atoms with van der Waals surface area (Å²) in [6.45, 7) is 2.11. The van der Waals surface area contributed by atoms with Crippen molar-refractivity contribution in [1.29, 1.82) is 0 Å². The summed E-state index contributed by atoms with van der Waals surface area (Å²) in [4.78, 5) is 6.97. The SMILES string of the molecule is CC(NC(Cc1cccs1)c1cccs1)c1ncn[nH]1. The second-order valence-electron chi connectivity index (χ2n) is 4.61. The summed E-state index contributed by atoms with van der Waals surface area (Å²) in [6, 6.07) is 9.01. The number of thiophene rings is 2. The number of nitrogens with zero attached hydrogens (tertiary/aromatic N) is 2. The van der Waals surface area contributed by atoms with Gasteiger partial charge in [-0.1, -0.05) is 12.1 Å². The highest BCUT2D eigenvalue weighted by Crippen LogP contribution is 2.27. The van der Waals surface area contributed by atoms with Crippen molar-refractivity contribution in [2.75, 3.05) is 0 Å². The third-order valence-electron chi connectivity index (χ3n) is 3.17. The summed E-state index contributed by atoms with van der Waals surface area (Å²) in [5.74, 6) is 0.873. The van der Waals surface area contributed by atoms with Crippen LogP contribution in [0.4, 0.5) is 0 Å². The second kappa shape index (κ2) is 6.30. The maximum atomic E-state index is 4.22. The minimum absolute atomic E-state index is 0.143. The molecule has 0 aliphatic heterocycles. The van der Waals surface area contributed by atoms with E-state index in [0.29, 0.717) is 6.04 Å². The molecule has 6 heteroatoms. The van der Waals surface area contributed by atoms with E-state index in [9.17, 15) is 0 Å². The Morgan fingerprint density at radius 2 is 2.10 bits per heavy atom. The van der Waals surface area contributed by atoms with Gasteiger partial charge in [-0.3, -0.25) is 10.4 Å². The number of rotatable bonds is 6. The lowest BCUT2D eigenvalue weighted by atomic mass is 10.1. The van der Waals surface area contributed by atoms with Gasteiger partial charge < -0.3 is 0 Å². The van der Waals surface area contributed by atoms with Crippen LogP contribution < -0.4 is 5.32 Å². The van der Waals surface area contributed by atoms with E-state index < -0.39 is 0 Å². The molecule has 0 aliphatic rings. The largest absolute Gasteiger partial charge is 0.300 e. The zero-order valence-corrected chi connectivity index (χ0v) is 12.7. The Hall–Kier alpha value is -1.50. The van der Waals surface area contributed by atoms with E-state index in [1.54, 1.807) is 29.0 Å². The standard InChI is InChI=1S/C14H16N4S2/c1-10(14-15-9-16-18-14)17-12(13-5-3-7-20-13)8-11-4-2-6-19-11/h2-7,9-10,12,17H,8H2,1H3,(H,15,16,18). The van der Waals surface area contributed by atoms with E-state index in [-0.39, 0.29) is 6.04 Å². The lowest BCUT2D eigenvalue weighted by molar-refractivity contribution is 0.457. The highest BCUT2D eigenvalue weighted by molar-refractivity contribution is 7.10. The van der Waals surface area contributed by atoms with Gasteiger partial charge in [-0.15, -0.1) is 22.7 Å². The molecule has 104 valence electrons. The molecule has 3 rings (SSSR count). The van der Waals surface area contributed by atoms with Crippen LogP contribution in [-0.2, 0) is 6.42 Å². The molecule has 3 heterocycles. The van der Waals surface area contributed by atoms with Crippen LogP contribution in [0.15, 0.2) is 41.4 Å². The average Bonchev–Trinajstić information content (AvgIpc) is 3.20. The molecular weight excluding hydrogens is 288 g/mol. The molecule has 2 unspecified atom stereocenters. The van der Waals surface area contributed by atoms with Gasteiger partial charge in [0.25, 0.3) is 0 Å². The summed E-state index contributed by atoms with van der Waals surface area (Å²) in [6.07, 6.45) is 2.55. The molecule has 2 N–H and O–H groups in total. The normalized spacial score (nSPS) is 14.2. The van der Waals surface area contributed by atoms with Crippen molar-refractivity contribution in [2.45, 2.75) is 25.4 Å². The van der Waals surface area contributed by atoms with Crippen LogP contribution >= 0.6 is 22.7 Å². The van der Waals surface area contributed by atoms with Crippen molar-refractivity contribution in [1.82, 2.24) is 20.5 Å². The van der Waals surface area contributed by atoms with Crippen LogP contribution in [0, 0.1) is 0 Å². The molecule has 0 radical (unpaired) electrons. The zero-order chi connectivity index (χ0) is 13.8. The molecule has 3 aromatic rings. The lowest BCUT2D eigenvalue weighted by Gasteiger charge is -2.20. The van der Waals surface area contributed by atoms with E-state index in [2.05, 4.69) is 62.4 Å². The Morgan fingerprint density at radius 1 is 1.25 bits per heavy atom. The van der Waals surface area contributed by atoms with Gasteiger partial charge >= 0.3 is 0 Å². The van der Waals surface area contributed by atoms with Gasteiger partial charge in [0.2, 0.25) is 0 Å². The van der Waals surface area contributed by atoms with E-state index in [1.807, 2.05) is 0 Å². The Bertz CT molecular complexity index is 602. The number of aromatic amines is 1. The van der Waals surface area contributed by atoms with Gasteiger partial charge in [-0.05, 0) is 29.8 Å². The fourth-order valence-electron chi connectivity index (χ4n) is 2.17. The number of H-pyrrole nitrogens is 1. The molecule has 0 bridgehead atoms. The summed E-state index contributed by atoms with van der Waals surface area (Å²) < 4.78 is 0. The summed E-state index contributed by atoms with van der Waals surface area (Å²) in [7, 11) is 0. The second-order valence-corrected chi connectivity index (χ2v) is 6.62. The third-order valence-corrected chi connectivity index (χ3v) is 5.05.